The molecule has 0 aliphatic carbocycles. The second-order valence-corrected chi connectivity index (χ2v) is 5.07. The summed E-state index contributed by atoms with van der Waals surface area (Å²) in [4.78, 5) is 33.9. The van der Waals surface area contributed by atoms with Gasteiger partial charge in [0.15, 0.2) is 0 Å². The highest BCUT2D eigenvalue weighted by Gasteiger charge is 2.22. The Morgan fingerprint density at radius 2 is 1.76 bits per heavy atom. The van der Waals surface area contributed by atoms with E-state index in [-0.39, 0.29) is 18.0 Å². The van der Waals surface area contributed by atoms with E-state index in [0.717, 1.165) is 5.56 Å². The summed E-state index contributed by atoms with van der Waals surface area (Å²) >= 11 is 0. The Bertz CT molecular complexity index is 763. The first kappa shape index (κ1) is 17.9. The number of esters is 1. The van der Waals surface area contributed by atoms with E-state index < -0.39 is 23.0 Å². The monoisotopic (exact) mass is 344 g/mol. The zero-order valence-corrected chi connectivity index (χ0v) is 13.4. The van der Waals surface area contributed by atoms with Gasteiger partial charge in [0.05, 0.1) is 4.92 Å². The van der Waals surface area contributed by atoms with Crippen molar-refractivity contribution in [2.45, 2.75) is 19.6 Å². The highest BCUT2D eigenvalue weighted by Crippen LogP contribution is 2.26. The maximum atomic E-state index is 12.0. The number of ether oxygens (including phenoxy) is 2. The molecule has 130 valence electrons. The molecule has 0 aliphatic rings. The second-order valence-electron chi connectivity index (χ2n) is 5.07. The summed E-state index contributed by atoms with van der Waals surface area (Å²) in [5, 5.41) is 13.2. The number of carbonyl (C=O) groups excluding carboxylic acids is 2. The lowest BCUT2D eigenvalue weighted by molar-refractivity contribution is -0.385. The third-order valence-electron chi connectivity index (χ3n) is 3.17. The van der Waals surface area contributed by atoms with Crippen LogP contribution < -0.4 is 10.1 Å². The fourth-order valence-electron chi connectivity index (χ4n) is 1.89. The van der Waals surface area contributed by atoms with Crippen molar-refractivity contribution in [2.75, 3.05) is 0 Å². The lowest BCUT2D eigenvalue weighted by Crippen LogP contribution is -2.41. The molecule has 1 amide bonds. The van der Waals surface area contributed by atoms with Crippen molar-refractivity contribution < 1.29 is 24.0 Å². The average molecular weight is 344 g/mol. The van der Waals surface area contributed by atoms with Gasteiger partial charge < -0.3 is 14.8 Å². The van der Waals surface area contributed by atoms with Crippen LogP contribution in [0.15, 0.2) is 54.6 Å². The predicted octanol–water partition coefficient (Wildman–Crippen LogP) is 2.82. The van der Waals surface area contributed by atoms with E-state index in [2.05, 4.69) is 5.32 Å². The zero-order valence-electron chi connectivity index (χ0n) is 13.4. The molecule has 1 atom stereocenters. The molecule has 8 nitrogen and oxygen atoms in total. The normalized spacial score (nSPS) is 11.2. The molecule has 25 heavy (non-hydrogen) atoms. The van der Waals surface area contributed by atoms with Crippen LogP contribution in [0.3, 0.4) is 0 Å². The van der Waals surface area contributed by atoms with Crippen LogP contribution in [0.1, 0.15) is 12.5 Å². The Kier molecular flexibility index (Phi) is 6.05. The summed E-state index contributed by atoms with van der Waals surface area (Å²) in [6.45, 7) is 1.44. The summed E-state index contributed by atoms with van der Waals surface area (Å²) in [6, 6.07) is 13.5. The topological polar surface area (TPSA) is 108 Å². The highest BCUT2D eigenvalue weighted by atomic mass is 16.6. The maximum absolute atomic E-state index is 12.0. The van der Waals surface area contributed by atoms with Crippen molar-refractivity contribution in [1.82, 2.24) is 5.32 Å². The lowest BCUT2D eigenvalue weighted by Gasteiger charge is -2.13. The number of nitrogens with zero attached hydrogens (tertiary/aromatic N) is 1. The molecular weight excluding hydrogens is 328 g/mol. The maximum Gasteiger partial charge on any atom is 0.408 e. The molecule has 2 aromatic carbocycles. The van der Waals surface area contributed by atoms with Crippen LogP contribution in [0, 0.1) is 10.1 Å². The Hall–Kier alpha value is -3.42. The molecular formula is C17H16N2O6. The van der Waals surface area contributed by atoms with Gasteiger partial charge in [-0.3, -0.25) is 10.1 Å². The minimum atomic E-state index is -1.04. The number of nitrogens with one attached hydrogen (secondary N) is 1. The Morgan fingerprint density at radius 3 is 2.44 bits per heavy atom. The van der Waals surface area contributed by atoms with E-state index in [1.54, 1.807) is 12.1 Å². The number of hydrogen-bond acceptors (Lipinski definition) is 6. The van der Waals surface area contributed by atoms with Crippen molar-refractivity contribution in [3.8, 4) is 5.75 Å². The standard InChI is InChI=1S/C17H16N2O6/c1-12(18-17(21)24-11-13-7-3-2-4-8-13)16(20)25-15-10-6-5-9-14(15)19(22)23/h2-10,12H,11H2,1H3,(H,18,21)/t12-/m0/s1. The quantitative estimate of drug-likeness (QED) is 0.374. The van der Waals surface area contributed by atoms with E-state index in [9.17, 15) is 19.7 Å². The first-order valence-electron chi connectivity index (χ1n) is 7.39. The van der Waals surface area contributed by atoms with Crippen LogP contribution >= 0.6 is 0 Å². The molecule has 0 bridgehead atoms. The molecule has 1 N–H and O–H groups in total. The van der Waals surface area contributed by atoms with E-state index >= 15 is 0 Å². The number of carbonyl (C=O) groups is 2. The van der Waals surface area contributed by atoms with Gasteiger partial charge in [0.1, 0.15) is 12.6 Å². The molecule has 0 heterocycles. The third kappa shape index (κ3) is 5.31. The number of nitro benzene ring substituents is 1. The summed E-state index contributed by atoms with van der Waals surface area (Å²) in [5.74, 6) is -1.03. The summed E-state index contributed by atoms with van der Waals surface area (Å²) in [7, 11) is 0. The molecule has 8 heteroatoms. The predicted molar refractivity (Wildman–Crippen MR) is 88.0 cm³/mol. The molecule has 0 saturated heterocycles. The van der Waals surface area contributed by atoms with E-state index in [1.165, 1.54) is 31.2 Å². The highest BCUT2D eigenvalue weighted by molar-refractivity contribution is 5.83. The number of alkyl carbamates (subject to hydrolysis) is 1. The minimum Gasteiger partial charge on any atom is -0.445 e. The van der Waals surface area contributed by atoms with E-state index in [4.69, 9.17) is 9.47 Å². The number of benzene rings is 2. The number of amides is 1. The van der Waals surface area contributed by atoms with Gasteiger partial charge in [0, 0.05) is 6.07 Å². The molecule has 0 aliphatic heterocycles. The van der Waals surface area contributed by atoms with Gasteiger partial charge >= 0.3 is 17.7 Å². The summed E-state index contributed by atoms with van der Waals surface area (Å²) in [6.07, 6.45) is -0.795. The molecule has 2 rings (SSSR count). The molecule has 0 saturated carbocycles. The number of nitro groups is 1. The van der Waals surface area contributed by atoms with Crippen LogP contribution in [-0.4, -0.2) is 23.0 Å². The van der Waals surface area contributed by atoms with Crippen LogP contribution in [-0.2, 0) is 16.1 Å². The molecule has 0 spiro atoms. The van der Waals surface area contributed by atoms with Crippen LogP contribution in [0.4, 0.5) is 10.5 Å². The van der Waals surface area contributed by atoms with Crippen molar-refractivity contribution in [3.05, 3.63) is 70.3 Å². The Balaban J connectivity index is 1.88. The Morgan fingerprint density at radius 1 is 1.12 bits per heavy atom. The molecule has 0 aromatic heterocycles. The Labute approximate surface area is 143 Å². The van der Waals surface area contributed by atoms with Gasteiger partial charge in [-0.15, -0.1) is 0 Å². The van der Waals surface area contributed by atoms with Crippen LogP contribution in [0.5, 0.6) is 5.75 Å². The van der Waals surface area contributed by atoms with Gasteiger partial charge in [-0.2, -0.15) is 0 Å². The van der Waals surface area contributed by atoms with Gasteiger partial charge in [0.25, 0.3) is 0 Å². The van der Waals surface area contributed by atoms with Crippen LogP contribution in [0.25, 0.3) is 0 Å². The fraction of sp³-hybridized carbons (Fsp3) is 0.176. The minimum absolute atomic E-state index is 0.0542. The van der Waals surface area contributed by atoms with Crippen molar-refractivity contribution >= 4 is 17.7 Å². The van der Waals surface area contributed by atoms with Crippen molar-refractivity contribution in [3.63, 3.8) is 0 Å². The van der Waals surface area contributed by atoms with Gasteiger partial charge in [-0.05, 0) is 18.6 Å². The average Bonchev–Trinajstić information content (AvgIpc) is 2.61. The molecule has 0 fully saturated rings. The van der Waals surface area contributed by atoms with Crippen molar-refractivity contribution in [1.29, 1.82) is 0 Å². The molecule has 0 unspecified atom stereocenters. The number of rotatable bonds is 6. The van der Waals surface area contributed by atoms with Gasteiger partial charge in [-0.1, -0.05) is 42.5 Å². The van der Waals surface area contributed by atoms with E-state index in [0.29, 0.717) is 0 Å². The fourth-order valence-corrected chi connectivity index (χ4v) is 1.89. The molecule has 0 radical (unpaired) electrons. The smallest absolute Gasteiger partial charge is 0.408 e. The zero-order chi connectivity index (χ0) is 18.2. The largest absolute Gasteiger partial charge is 0.445 e. The van der Waals surface area contributed by atoms with Gasteiger partial charge in [0.2, 0.25) is 5.75 Å². The second kappa shape index (κ2) is 8.44. The number of para-hydroxylation sites is 2. The van der Waals surface area contributed by atoms with Crippen LogP contribution in [0.2, 0.25) is 0 Å². The molecule has 2 aromatic rings. The first-order chi connectivity index (χ1) is 12.0. The number of hydrogen-bond donors (Lipinski definition) is 1. The third-order valence-corrected chi connectivity index (χ3v) is 3.17. The van der Waals surface area contributed by atoms with Crippen molar-refractivity contribution in [2.24, 2.45) is 0 Å². The SMILES string of the molecule is C[C@H](NC(=O)OCc1ccccc1)C(=O)Oc1ccccc1[N+](=O)[O-]. The first-order valence-corrected chi connectivity index (χ1v) is 7.39. The summed E-state index contributed by atoms with van der Waals surface area (Å²) in [5.41, 5.74) is 0.461. The van der Waals surface area contributed by atoms with Gasteiger partial charge in [-0.25, -0.2) is 9.59 Å². The summed E-state index contributed by atoms with van der Waals surface area (Å²) < 4.78 is 9.98. The van der Waals surface area contributed by atoms with E-state index in [1.807, 2.05) is 18.2 Å². The lowest BCUT2D eigenvalue weighted by atomic mass is 10.2.